The van der Waals surface area contributed by atoms with Crippen molar-refractivity contribution in [2.75, 3.05) is 6.54 Å². The van der Waals surface area contributed by atoms with Gasteiger partial charge in [0.2, 0.25) is 0 Å². The first-order valence-electron chi connectivity index (χ1n) is 8.88. The summed E-state index contributed by atoms with van der Waals surface area (Å²) in [6.07, 6.45) is 0. The summed E-state index contributed by atoms with van der Waals surface area (Å²) in [6, 6.07) is 18.7. The molecule has 25 heavy (non-hydrogen) atoms. The second-order valence-electron chi connectivity index (χ2n) is 6.84. The monoisotopic (exact) mass is 334 g/mol. The van der Waals surface area contributed by atoms with E-state index in [1.54, 1.807) is 0 Å². The number of nitrogens with zero attached hydrogens (tertiary/aromatic N) is 3. The summed E-state index contributed by atoms with van der Waals surface area (Å²) in [5.41, 5.74) is 5.59. The Morgan fingerprint density at radius 1 is 0.960 bits per heavy atom. The molecule has 0 aliphatic carbocycles. The number of benzene rings is 2. The van der Waals surface area contributed by atoms with Crippen molar-refractivity contribution in [3.63, 3.8) is 0 Å². The fourth-order valence-electron chi connectivity index (χ4n) is 2.81. The van der Waals surface area contributed by atoms with Gasteiger partial charge >= 0.3 is 0 Å². The highest BCUT2D eigenvalue weighted by atomic mass is 15.5. The molecule has 130 valence electrons. The summed E-state index contributed by atoms with van der Waals surface area (Å²) in [7, 11) is 0. The Kier molecular flexibility index (Phi) is 5.61. The molecule has 1 aromatic heterocycles. The lowest BCUT2D eigenvalue weighted by Crippen LogP contribution is -2.19. The van der Waals surface area contributed by atoms with Gasteiger partial charge in [-0.2, -0.15) is 15.0 Å². The summed E-state index contributed by atoms with van der Waals surface area (Å²) in [5, 5.41) is 13.0. The molecule has 3 aromatic rings. The van der Waals surface area contributed by atoms with Gasteiger partial charge in [0.05, 0.1) is 6.54 Å². The minimum Gasteiger partial charge on any atom is -0.311 e. The lowest BCUT2D eigenvalue weighted by molar-refractivity contribution is 0.537. The van der Waals surface area contributed by atoms with E-state index < -0.39 is 0 Å². The van der Waals surface area contributed by atoms with Crippen molar-refractivity contribution in [2.45, 2.75) is 33.9 Å². The van der Waals surface area contributed by atoms with Crippen LogP contribution in [0.15, 0.2) is 54.6 Å². The largest absolute Gasteiger partial charge is 0.311 e. The number of hydrogen-bond acceptors (Lipinski definition) is 3. The van der Waals surface area contributed by atoms with Crippen molar-refractivity contribution in [1.29, 1.82) is 0 Å². The first-order valence-corrected chi connectivity index (χ1v) is 8.88. The van der Waals surface area contributed by atoms with Crippen molar-refractivity contribution < 1.29 is 0 Å². The van der Waals surface area contributed by atoms with Crippen LogP contribution in [0.3, 0.4) is 0 Å². The van der Waals surface area contributed by atoms with Crippen LogP contribution >= 0.6 is 0 Å². The minimum absolute atomic E-state index is 0.613. The zero-order valence-electron chi connectivity index (χ0n) is 15.2. The highest BCUT2D eigenvalue weighted by molar-refractivity contribution is 5.60. The predicted molar refractivity (Wildman–Crippen MR) is 102 cm³/mol. The summed E-state index contributed by atoms with van der Waals surface area (Å²) in [5.74, 6) is 0.613. The van der Waals surface area contributed by atoms with Crippen LogP contribution in [-0.2, 0) is 13.1 Å². The normalized spacial score (nSPS) is 11.2. The fourth-order valence-corrected chi connectivity index (χ4v) is 2.81. The number of aryl methyl sites for hydroxylation is 1. The lowest BCUT2D eigenvalue weighted by Gasteiger charge is -2.06. The van der Waals surface area contributed by atoms with Crippen LogP contribution in [0.5, 0.6) is 0 Å². The molecule has 0 spiro atoms. The molecule has 3 rings (SSSR count). The van der Waals surface area contributed by atoms with E-state index in [0.717, 1.165) is 30.0 Å². The van der Waals surface area contributed by atoms with Crippen molar-refractivity contribution in [3.05, 3.63) is 71.4 Å². The maximum absolute atomic E-state index is 4.78. The van der Waals surface area contributed by atoms with E-state index in [4.69, 9.17) is 10.2 Å². The molecular weight excluding hydrogens is 308 g/mol. The Hall–Kier alpha value is -2.46. The van der Waals surface area contributed by atoms with Crippen LogP contribution in [0.25, 0.3) is 11.3 Å². The summed E-state index contributed by atoms with van der Waals surface area (Å²) in [6.45, 7) is 8.94. The van der Waals surface area contributed by atoms with Gasteiger partial charge in [-0.1, -0.05) is 68.4 Å². The first-order chi connectivity index (χ1) is 12.1. The first kappa shape index (κ1) is 17.4. The van der Waals surface area contributed by atoms with Gasteiger partial charge in [0.15, 0.2) is 0 Å². The molecule has 0 bridgehead atoms. The van der Waals surface area contributed by atoms with E-state index in [1.165, 1.54) is 11.1 Å². The third kappa shape index (κ3) is 4.54. The van der Waals surface area contributed by atoms with Gasteiger partial charge in [-0.05, 0) is 30.5 Å². The van der Waals surface area contributed by atoms with Crippen LogP contribution in [0.2, 0.25) is 0 Å². The Balaban J connectivity index is 1.87. The van der Waals surface area contributed by atoms with E-state index in [-0.39, 0.29) is 0 Å². The van der Waals surface area contributed by atoms with Gasteiger partial charge in [-0.3, -0.25) is 0 Å². The van der Waals surface area contributed by atoms with Gasteiger partial charge in [-0.15, -0.1) is 0 Å². The Bertz CT molecular complexity index is 806. The molecule has 0 atom stereocenters. The van der Waals surface area contributed by atoms with Gasteiger partial charge in [0, 0.05) is 12.1 Å². The van der Waals surface area contributed by atoms with Crippen molar-refractivity contribution in [2.24, 2.45) is 5.92 Å². The van der Waals surface area contributed by atoms with E-state index in [1.807, 2.05) is 23.0 Å². The molecular formula is C21H26N4. The highest BCUT2D eigenvalue weighted by Gasteiger charge is 2.13. The van der Waals surface area contributed by atoms with Crippen molar-refractivity contribution in [1.82, 2.24) is 20.3 Å². The van der Waals surface area contributed by atoms with E-state index in [0.29, 0.717) is 12.5 Å². The standard InChI is InChI=1S/C21H26N4/c1-16(2)13-22-14-20-21(18-10-5-4-6-11-18)24-25(23-20)15-19-12-8-7-9-17(19)3/h4-12,16,22H,13-15H2,1-3H3. The number of rotatable bonds is 7. The fraction of sp³-hybridized carbons (Fsp3) is 0.333. The molecule has 1 heterocycles. The third-order valence-corrected chi connectivity index (χ3v) is 4.19. The summed E-state index contributed by atoms with van der Waals surface area (Å²) < 4.78 is 0. The molecule has 0 aliphatic heterocycles. The third-order valence-electron chi connectivity index (χ3n) is 4.19. The SMILES string of the molecule is Cc1ccccc1Cn1nc(CNCC(C)C)c(-c2ccccc2)n1. The molecule has 1 N–H and O–H groups in total. The predicted octanol–water partition coefficient (Wildman–Crippen LogP) is 4.05. The molecule has 0 saturated carbocycles. The van der Waals surface area contributed by atoms with Gasteiger partial charge in [-0.25, -0.2) is 0 Å². The molecule has 4 nitrogen and oxygen atoms in total. The second-order valence-corrected chi connectivity index (χ2v) is 6.84. The number of hydrogen-bond donors (Lipinski definition) is 1. The Labute approximate surface area is 149 Å². The highest BCUT2D eigenvalue weighted by Crippen LogP contribution is 2.20. The maximum Gasteiger partial charge on any atom is 0.117 e. The number of nitrogens with one attached hydrogen (secondary N) is 1. The Morgan fingerprint density at radius 3 is 2.40 bits per heavy atom. The second kappa shape index (κ2) is 8.08. The topological polar surface area (TPSA) is 42.7 Å². The van der Waals surface area contributed by atoms with Crippen LogP contribution in [0.1, 0.15) is 30.7 Å². The molecule has 0 radical (unpaired) electrons. The van der Waals surface area contributed by atoms with E-state index in [2.05, 4.69) is 62.5 Å². The molecule has 0 saturated heterocycles. The molecule has 0 unspecified atom stereocenters. The summed E-state index contributed by atoms with van der Waals surface area (Å²) in [4.78, 5) is 1.82. The average Bonchev–Trinajstić information content (AvgIpc) is 3.00. The minimum atomic E-state index is 0.613. The van der Waals surface area contributed by atoms with Gasteiger partial charge < -0.3 is 5.32 Å². The quantitative estimate of drug-likeness (QED) is 0.709. The van der Waals surface area contributed by atoms with Crippen LogP contribution < -0.4 is 5.32 Å². The molecule has 2 aromatic carbocycles. The van der Waals surface area contributed by atoms with E-state index >= 15 is 0 Å². The van der Waals surface area contributed by atoms with Crippen LogP contribution in [0.4, 0.5) is 0 Å². The van der Waals surface area contributed by atoms with Gasteiger partial charge in [0.25, 0.3) is 0 Å². The average molecular weight is 334 g/mol. The van der Waals surface area contributed by atoms with Gasteiger partial charge in [0.1, 0.15) is 11.4 Å². The van der Waals surface area contributed by atoms with E-state index in [9.17, 15) is 0 Å². The van der Waals surface area contributed by atoms with Crippen molar-refractivity contribution >= 4 is 0 Å². The maximum atomic E-state index is 4.78. The smallest absolute Gasteiger partial charge is 0.117 e. The number of aromatic nitrogens is 3. The van der Waals surface area contributed by atoms with Crippen LogP contribution in [0, 0.1) is 12.8 Å². The molecule has 4 heteroatoms. The molecule has 0 aliphatic rings. The van der Waals surface area contributed by atoms with Crippen molar-refractivity contribution in [3.8, 4) is 11.3 Å². The lowest BCUT2D eigenvalue weighted by atomic mass is 10.1. The zero-order valence-corrected chi connectivity index (χ0v) is 15.2. The summed E-state index contributed by atoms with van der Waals surface area (Å²) >= 11 is 0. The molecule has 0 amide bonds. The Morgan fingerprint density at radius 2 is 1.68 bits per heavy atom. The molecule has 0 fully saturated rings. The zero-order chi connectivity index (χ0) is 17.6. The van der Waals surface area contributed by atoms with Crippen LogP contribution in [-0.4, -0.2) is 21.5 Å².